The number of nitrogens with zero attached hydrogens (tertiary/aromatic N) is 3. The topological polar surface area (TPSA) is 50.2 Å². The molecule has 24 heavy (non-hydrogen) atoms. The third-order valence-electron chi connectivity index (χ3n) is 4.24. The molecule has 0 bridgehead atoms. The van der Waals surface area contributed by atoms with Crippen LogP contribution in [0.5, 0.6) is 0 Å². The summed E-state index contributed by atoms with van der Waals surface area (Å²) in [6.07, 6.45) is 2.73. The van der Waals surface area contributed by atoms with Gasteiger partial charge in [-0.25, -0.2) is 9.78 Å². The Morgan fingerprint density at radius 3 is 2.96 bits per heavy atom. The van der Waals surface area contributed by atoms with Crippen molar-refractivity contribution in [3.05, 3.63) is 53.0 Å². The molecule has 0 saturated carbocycles. The second-order valence-corrected chi connectivity index (χ2v) is 6.79. The molecule has 0 saturated heterocycles. The van der Waals surface area contributed by atoms with E-state index in [1.807, 2.05) is 49.9 Å². The number of thiophene rings is 1. The van der Waals surface area contributed by atoms with Crippen molar-refractivity contribution in [3.8, 4) is 0 Å². The van der Waals surface area contributed by atoms with Crippen molar-refractivity contribution in [2.45, 2.75) is 25.9 Å². The van der Waals surface area contributed by atoms with Crippen LogP contribution in [0, 0.1) is 0 Å². The lowest BCUT2D eigenvalue weighted by molar-refractivity contribution is 0.195. The summed E-state index contributed by atoms with van der Waals surface area (Å²) in [5, 5.41) is 5.03. The highest BCUT2D eigenvalue weighted by molar-refractivity contribution is 7.10. The summed E-state index contributed by atoms with van der Waals surface area (Å²) in [6, 6.07) is 12.2. The first-order chi connectivity index (χ1) is 11.7. The fourth-order valence-corrected chi connectivity index (χ4v) is 3.48. The molecule has 2 amide bonds. The van der Waals surface area contributed by atoms with E-state index in [0.717, 1.165) is 24.0 Å². The molecule has 3 aromatic rings. The Bertz CT molecular complexity index is 796. The summed E-state index contributed by atoms with van der Waals surface area (Å²) in [4.78, 5) is 19.6. The van der Waals surface area contributed by atoms with E-state index in [2.05, 4.69) is 27.0 Å². The van der Waals surface area contributed by atoms with Crippen LogP contribution >= 0.6 is 11.3 Å². The van der Waals surface area contributed by atoms with Crippen molar-refractivity contribution in [1.29, 1.82) is 0 Å². The van der Waals surface area contributed by atoms with E-state index in [-0.39, 0.29) is 12.1 Å². The Labute approximate surface area is 145 Å². The van der Waals surface area contributed by atoms with E-state index in [4.69, 9.17) is 0 Å². The summed E-state index contributed by atoms with van der Waals surface area (Å²) in [6.45, 7) is 3.53. The lowest BCUT2D eigenvalue weighted by Crippen LogP contribution is -2.39. The molecule has 126 valence electrons. The smallest absolute Gasteiger partial charge is 0.317 e. The number of nitrogens with one attached hydrogen (secondary N) is 1. The molecule has 1 atom stereocenters. The highest BCUT2D eigenvalue weighted by Crippen LogP contribution is 2.23. The van der Waals surface area contributed by atoms with Crippen molar-refractivity contribution in [1.82, 2.24) is 19.8 Å². The molecule has 0 spiro atoms. The Morgan fingerprint density at radius 2 is 2.17 bits per heavy atom. The predicted octanol–water partition coefficient (Wildman–Crippen LogP) is 3.89. The maximum Gasteiger partial charge on any atom is 0.317 e. The van der Waals surface area contributed by atoms with Crippen LogP contribution < -0.4 is 5.32 Å². The zero-order valence-corrected chi connectivity index (χ0v) is 14.8. The lowest BCUT2D eigenvalue weighted by Gasteiger charge is -2.24. The van der Waals surface area contributed by atoms with Crippen molar-refractivity contribution >= 4 is 28.4 Å². The number of hydrogen-bond acceptors (Lipinski definition) is 3. The van der Waals surface area contributed by atoms with Crippen LogP contribution in [0.1, 0.15) is 24.3 Å². The lowest BCUT2D eigenvalue weighted by atomic mass is 10.2. The van der Waals surface area contributed by atoms with Gasteiger partial charge in [0.15, 0.2) is 0 Å². The third kappa shape index (κ3) is 3.59. The van der Waals surface area contributed by atoms with Gasteiger partial charge in [0.2, 0.25) is 0 Å². The van der Waals surface area contributed by atoms with Gasteiger partial charge < -0.3 is 14.8 Å². The number of aromatic nitrogens is 2. The van der Waals surface area contributed by atoms with E-state index >= 15 is 0 Å². The quantitative estimate of drug-likeness (QED) is 0.691. The first-order valence-corrected chi connectivity index (χ1v) is 8.98. The SMILES string of the molecule is C[C@H](c1cccs1)N(C)C(=O)NCCCn1cnc2ccccc21. The number of hydrogen-bond donors (Lipinski definition) is 1. The largest absolute Gasteiger partial charge is 0.338 e. The van der Waals surface area contributed by atoms with Gasteiger partial charge in [-0.2, -0.15) is 0 Å². The molecule has 5 nitrogen and oxygen atoms in total. The number of carbonyl (C=O) groups is 1. The molecule has 2 heterocycles. The van der Waals surface area contributed by atoms with Crippen molar-refractivity contribution in [2.75, 3.05) is 13.6 Å². The number of fused-ring (bicyclic) bond motifs is 1. The van der Waals surface area contributed by atoms with Crippen LogP contribution in [-0.4, -0.2) is 34.1 Å². The second kappa shape index (κ2) is 7.49. The van der Waals surface area contributed by atoms with E-state index in [0.29, 0.717) is 6.54 Å². The molecule has 1 N–H and O–H groups in total. The van der Waals surface area contributed by atoms with Crippen molar-refractivity contribution in [3.63, 3.8) is 0 Å². The number of imidazole rings is 1. The van der Waals surface area contributed by atoms with E-state index in [1.54, 1.807) is 16.2 Å². The van der Waals surface area contributed by atoms with Crippen LogP contribution in [0.25, 0.3) is 11.0 Å². The van der Waals surface area contributed by atoms with Crippen LogP contribution in [0.2, 0.25) is 0 Å². The first kappa shape index (κ1) is 16.5. The Balaban J connectivity index is 1.47. The predicted molar refractivity (Wildman–Crippen MR) is 98.2 cm³/mol. The van der Waals surface area contributed by atoms with Crippen LogP contribution in [-0.2, 0) is 6.54 Å². The van der Waals surface area contributed by atoms with Crippen molar-refractivity contribution in [2.24, 2.45) is 0 Å². The molecular weight excluding hydrogens is 320 g/mol. The van der Waals surface area contributed by atoms with E-state index < -0.39 is 0 Å². The first-order valence-electron chi connectivity index (χ1n) is 8.11. The van der Waals surface area contributed by atoms with E-state index in [9.17, 15) is 4.79 Å². The van der Waals surface area contributed by atoms with E-state index in [1.165, 1.54) is 4.88 Å². The number of amides is 2. The molecule has 0 fully saturated rings. The molecule has 0 radical (unpaired) electrons. The summed E-state index contributed by atoms with van der Waals surface area (Å²) >= 11 is 1.67. The molecule has 0 aliphatic heterocycles. The maximum atomic E-state index is 12.3. The summed E-state index contributed by atoms with van der Waals surface area (Å²) in [5.74, 6) is 0. The van der Waals surface area contributed by atoms with Gasteiger partial charge in [0.05, 0.1) is 23.4 Å². The minimum Gasteiger partial charge on any atom is -0.338 e. The second-order valence-electron chi connectivity index (χ2n) is 5.81. The average molecular weight is 342 g/mol. The molecule has 0 unspecified atom stereocenters. The fraction of sp³-hybridized carbons (Fsp3) is 0.333. The summed E-state index contributed by atoms with van der Waals surface area (Å²) < 4.78 is 2.12. The van der Waals surface area contributed by atoms with Crippen molar-refractivity contribution < 1.29 is 4.79 Å². The molecule has 0 aliphatic rings. The standard InChI is InChI=1S/C18H22N4OS/c1-14(17-9-5-12-24-17)21(2)18(23)19-10-6-11-22-13-20-15-7-3-4-8-16(15)22/h3-5,7-9,12-14H,6,10-11H2,1-2H3,(H,19,23)/t14-/m1/s1. The number of benzene rings is 1. The minimum atomic E-state index is -0.0358. The van der Waals surface area contributed by atoms with Gasteiger partial charge >= 0.3 is 6.03 Å². The number of aryl methyl sites for hydroxylation is 1. The van der Waals surface area contributed by atoms with Gasteiger partial charge in [-0.05, 0) is 36.9 Å². The van der Waals surface area contributed by atoms with Gasteiger partial charge in [0.25, 0.3) is 0 Å². The van der Waals surface area contributed by atoms with Gasteiger partial charge in [-0.3, -0.25) is 0 Å². The Morgan fingerprint density at radius 1 is 1.33 bits per heavy atom. The van der Waals surface area contributed by atoms with Gasteiger partial charge in [-0.15, -0.1) is 11.3 Å². The number of para-hydroxylation sites is 2. The number of carbonyl (C=O) groups excluding carboxylic acids is 1. The third-order valence-corrected chi connectivity index (χ3v) is 5.28. The maximum absolute atomic E-state index is 12.3. The van der Waals surface area contributed by atoms with Crippen LogP contribution in [0.4, 0.5) is 4.79 Å². The van der Waals surface area contributed by atoms with Crippen LogP contribution in [0.15, 0.2) is 48.1 Å². The highest BCUT2D eigenvalue weighted by Gasteiger charge is 2.17. The Hall–Kier alpha value is -2.34. The molecular formula is C18H22N4OS. The minimum absolute atomic E-state index is 0.0358. The molecule has 1 aromatic carbocycles. The summed E-state index contributed by atoms with van der Waals surface area (Å²) in [5.41, 5.74) is 2.14. The Kier molecular flexibility index (Phi) is 5.15. The number of urea groups is 1. The highest BCUT2D eigenvalue weighted by atomic mass is 32.1. The van der Waals surface area contributed by atoms with Gasteiger partial charge in [-0.1, -0.05) is 18.2 Å². The monoisotopic (exact) mass is 342 g/mol. The molecule has 6 heteroatoms. The zero-order chi connectivity index (χ0) is 16.9. The molecule has 2 aromatic heterocycles. The number of rotatable bonds is 6. The summed E-state index contributed by atoms with van der Waals surface area (Å²) in [7, 11) is 1.84. The zero-order valence-electron chi connectivity index (χ0n) is 14.0. The fourth-order valence-electron chi connectivity index (χ4n) is 2.65. The normalized spacial score (nSPS) is 12.2. The van der Waals surface area contributed by atoms with Gasteiger partial charge in [0, 0.05) is 25.0 Å². The average Bonchev–Trinajstić information content (AvgIpc) is 3.27. The molecule has 3 rings (SSSR count). The molecule has 0 aliphatic carbocycles. The van der Waals surface area contributed by atoms with Crippen LogP contribution in [0.3, 0.4) is 0 Å². The van der Waals surface area contributed by atoms with Gasteiger partial charge in [0.1, 0.15) is 0 Å².